The number of methoxy groups -OCH3 is 1. The normalized spacial score (nSPS) is 11.2. The van der Waals surface area contributed by atoms with Crippen LogP contribution in [0.3, 0.4) is 0 Å². The second-order valence-electron chi connectivity index (χ2n) is 7.32. The maximum atomic E-state index is 5.28. The Kier molecular flexibility index (Phi) is 5.64. The summed E-state index contributed by atoms with van der Waals surface area (Å²) < 4.78 is 5.28. The van der Waals surface area contributed by atoms with Crippen LogP contribution >= 0.6 is 11.3 Å². The van der Waals surface area contributed by atoms with Crippen molar-refractivity contribution in [3.05, 3.63) is 102 Å². The number of aromatic nitrogens is 1. The highest BCUT2D eigenvalue weighted by atomic mass is 32.1. The fourth-order valence-electron chi connectivity index (χ4n) is 3.53. The lowest BCUT2D eigenvalue weighted by atomic mass is 10.0. The molecule has 5 aromatic rings. The molecule has 0 fully saturated rings. The fourth-order valence-corrected chi connectivity index (χ4v) is 4.20. The lowest BCUT2D eigenvalue weighted by molar-refractivity contribution is 0.415. The monoisotopic (exact) mass is 435 g/mol. The summed E-state index contributed by atoms with van der Waals surface area (Å²) in [6.45, 7) is 0. The predicted molar refractivity (Wildman–Crippen MR) is 135 cm³/mol. The summed E-state index contributed by atoms with van der Waals surface area (Å²) in [5.74, 6) is 0.856. The Balaban J connectivity index is 1.26. The third-order valence-electron chi connectivity index (χ3n) is 5.24. The molecule has 5 heteroatoms. The molecule has 0 atom stereocenters. The summed E-state index contributed by atoms with van der Waals surface area (Å²) in [5, 5.41) is 9.44. The van der Waals surface area contributed by atoms with Gasteiger partial charge in [-0.15, -0.1) is 11.3 Å². The van der Waals surface area contributed by atoms with Crippen LogP contribution in [0.5, 0.6) is 5.75 Å². The zero-order valence-electron chi connectivity index (χ0n) is 17.5. The van der Waals surface area contributed by atoms with Crippen LogP contribution in [-0.2, 0) is 0 Å². The van der Waals surface area contributed by atoms with Crippen molar-refractivity contribution in [3.8, 4) is 28.1 Å². The number of nitrogens with zero attached hydrogens (tertiary/aromatic N) is 2. The van der Waals surface area contributed by atoms with Crippen molar-refractivity contribution in [3.63, 3.8) is 0 Å². The molecule has 0 aliphatic heterocycles. The van der Waals surface area contributed by atoms with Gasteiger partial charge in [-0.25, -0.2) is 4.98 Å². The smallest absolute Gasteiger partial charge is 0.203 e. The molecule has 1 heterocycles. The van der Waals surface area contributed by atoms with Gasteiger partial charge >= 0.3 is 0 Å². The first-order valence-corrected chi connectivity index (χ1v) is 11.1. The second kappa shape index (κ2) is 9.04. The average molecular weight is 436 g/mol. The van der Waals surface area contributed by atoms with Crippen molar-refractivity contribution >= 4 is 33.5 Å². The standard InChI is InChI=1S/C27H21N3OS/c1-31-25-14-13-23-15-19(7-8-24(23)16-25)17-28-30-27-29-26(18-32-27)22-11-9-21(10-12-22)20-5-3-2-4-6-20/h2-18H,1H3,(H,29,30)/b28-17+. The van der Waals surface area contributed by atoms with Gasteiger partial charge in [0, 0.05) is 10.9 Å². The Morgan fingerprint density at radius 3 is 2.34 bits per heavy atom. The molecule has 0 radical (unpaired) electrons. The minimum Gasteiger partial charge on any atom is -0.497 e. The quantitative estimate of drug-likeness (QED) is 0.229. The van der Waals surface area contributed by atoms with E-state index in [1.807, 2.05) is 29.6 Å². The minimum atomic E-state index is 0.758. The van der Waals surface area contributed by atoms with Crippen molar-refractivity contribution in [1.82, 2.24) is 4.98 Å². The van der Waals surface area contributed by atoms with E-state index in [-0.39, 0.29) is 0 Å². The number of benzene rings is 4. The summed E-state index contributed by atoms with van der Waals surface area (Å²) in [6, 6.07) is 31.1. The minimum absolute atomic E-state index is 0.758. The summed E-state index contributed by atoms with van der Waals surface area (Å²) in [7, 11) is 1.68. The van der Waals surface area contributed by atoms with Crippen LogP contribution in [0.4, 0.5) is 5.13 Å². The molecular weight excluding hydrogens is 414 g/mol. The predicted octanol–water partition coefficient (Wildman–Crippen LogP) is 7.08. The van der Waals surface area contributed by atoms with Gasteiger partial charge in [0.2, 0.25) is 5.13 Å². The highest BCUT2D eigenvalue weighted by Crippen LogP contribution is 2.28. The van der Waals surface area contributed by atoms with Gasteiger partial charge in [0.1, 0.15) is 5.75 Å². The van der Waals surface area contributed by atoms with E-state index in [9.17, 15) is 0 Å². The zero-order valence-corrected chi connectivity index (χ0v) is 18.3. The Hall–Kier alpha value is -3.96. The van der Waals surface area contributed by atoms with Crippen LogP contribution in [-0.4, -0.2) is 18.3 Å². The molecule has 5 rings (SSSR count). The van der Waals surface area contributed by atoms with Gasteiger partial charge in [-0.2, -0.15) is 5.10 Å². The van der Waals surface area contributed by atoms with Crippen LogP contribution in [0.15, 0.2) is 101 Å². The molecular formula is C27H21N3OS. The first-order valence-electron chi connectivity index (χ1n) is 10.3. The highest BCUT2D eigenvalue weighted by Gasteiger charge is 2.05. The first-order chi connectivity index (χ1) is 15.8. The summed E-state index contributed by atoms with van der Waals surface area (Å²) in [6.07, 6.45) is 1.80. The van der Waals surface area contributed by atoms with E-state index in [2.05, 4.69) is 82.2 Å². The third-order valence-corrected chi connectivity index (χ3v) is 5.98. The molecule has 1 N–H and O–H groups in total. The van der Waals surface area contributed by atoms with Crippen molar-refractivity contribution in [2.24, 2.45) is 5.10 Å². The number of hydrogen-bond acceptors (Lipinski definition) is 5. The molecule has 1 aromatic heterocycles. The molecule has 32 heavy (non-hydrogen) atoms. The number of fused-ring (bicyclic) bond motifs is 1. The van der Waals surface area contributed by atoms with Crippen molar-refractivity contribution in [2.45, 2.75) is 0 Å². The maximum Gasteiger partial charge on any atom is 0.203 e. The Morgan fingerprint density at radius 2 is 1.53 bits per heavy atom. The number of hydrazone groups is 1. The largest absolute Gasteiger partial charge is 0.497 e. The number of nitrogens with one attached hydrogen (secondary N) is 1. The van der Waals surface area contributed by atoms with E-state index in [1.165, 1.54) is 22.5 Å². The second-order valence-corrected chi connectivity index (χ2v) is 8.18. The van der Waals surface area contributed by atoms with Crippen LogP contribution < -0.4 is 10.2 Å². The molecule has 156 valence electrons. The molecule has 0 aliphatic carbocycles. The fraction of sp³-hybridized carbons (Fsp3) is 0.0370. The number of thiazole rings is 1. The number of anilines is 1. The van der Waals surface area contributed by atoms with E-state index in [1.54, 1.807) is 13.3 Å². The summed E-state index contributed by atoms with van der Waals surface area (Å²) in [5.41, 5.74) is 8.49. The number of rotatable bonds is 6. The molecule has 0 saturated carbocycles. The van der Waals surface area contributed by atoms with Gasteiger partial charge < -0.3 is 4.74 Å². The van der Waals surface area contributed by atoms with Gasteiger partial charge in [-0.1, -0.05) is 72.8 Å². The maximum absolute atomic E-state index is 5.28. The van der Waals surface area contributed by atoms with Crippen LogP contribution in [0.2, 0.25) is 0 Å². The molecule has 0 amide bonds. The zero-order chi connectivity index (χ0) is 21.8. The molecule has 0 aliphatic rings. The summed E-state index contributed by atoms with van der Waals surface area (Å²) >= 11 is 1.54. The van der Waals surface area contributed by atoms with Crippen LogP contribution in [0.1, 0.15) is 5.56 Å². The summed E-state index contributed by atoms with van der Waals surface area (Å²) in [4.78, 5) is 4.66. The van der Waals surface area contributed by atoms with Gasteiger partial charge in [0.05, 0.1) is 19.0 Å². The Labute approximate surface area is 190 Å². The van der Waals surface area contributed by atoms with Crippen LogP contribution in [0.25, 0.3) is 33.2 Å². The number of ether oxygens (including phenoxy) is 1. The van der Waals surface area contributed by atoms with E-state index in [4.69, 9.17) is 4.74 Å². The molecule has 0 bridgehead atoms. The van der Waals surface area contributed by atoms with Crippen molar-refractivity contribution in [1.29, 1.82) is 0 Å². The lowest BCUT2D eigenvalue weighted by Gasteiger charge is -2.03. The van der Waals surface area contributed by atoms with Crippen LogP contribution in [0, 0.1) is 0 Å². The van der Waals surface area contributed by atoms with Crippen molar-refractivity contribution < 1.29 is 4.74 Å². The lowest BCUT2D eigenvalue weighted by Crippen LogP contribution is -1.90. The highest BCUT2D eigenvalue weighted by molar-refractivity contribution is 7.14. The Bertz CT molecular complexity index is 1380. The average Bonchev–Trinajstić information content (AvgIpc) is 3.33. The van der Waals surface area contributed by atoms with Gasteiger partial charge in [-0.3, -0.25) is 5.43 Å². The van der Waals surface area contributed by atoms with Gasteiger partial charge in [-0.05, 0) is 45.7 Å². The van der Waals surface area contributed by atoms with E-state index in [0.29, 0.717) is 0 Å². The topological polar surface area (TPSA) is 46.5 Å². The van der Waals surface area contributed by atoms with E-state index in [0.717, 1.165) is 38.5 Å². The molecule has 0 unspecified atom stereocenters. The van der Waals surface area contributed by atoms with E-state index >= 15 is 0 Å². The van der Waals surface area contributed by atoms with Gasteiger partial charge in [0.15, 0.2) is 0 Å². The number of hydrogen-bond donors (Lipinski definition) is 1. The first kappa shape index (κ1) is 20.0. The molecule has 4 aromatic carbocycles. The molecule has 0 saturated heterocycles. The third kappa shape index (κ3) is 4.38. The van der Waals surface area contributed by atoms with E-state index < -0.39 is 0 Å². The van der Waals surface area contributed by atoms with Gasteiger partial charge in [0.25, 0.3) is 0 Å². The molecule has 4 nitrogen and oxygen atoms in total. The SMILES string of the molecule is COc1ccc2cc(/C=N/Nc3nc(-c4ccc(-c5ccccc5)cc4)cs3)ccc2c1. The van der Waals surface area contributed by atoms with Crippen molar-refractivity contribution in [2.75, 3.05) is 12.5 Å². The Morgan fingerprint density at radius 1 is 0.812 bits per heavy atom. The molecule has 0 spiro atoms.